The fraction of sp³-hybridized carbons (Fsp3) is 0.100. The molecule has 5 N–H and O–H groups in total. The molecule has 0 saturated heterocycles. The topological polar surface area (TPSA) is 161 Å². The first kappa shape index (κ1) is 24.3. The van der Waals surface area contributed by atoms with Crippen LogP contribution in [0.1, 0.15) is 17.3 Å². The Labute approximate surface area is 232 Å². The number of nitrogens with two attached hydrogens (primary N) is 1. The van der Waals surface area contributed by atoms with Crippen LogP contribution in [0.4, 0.5) is 5.69 Å². The highest BCUT2D eigenvalue weighted by molar-refractivity contribution is 6.05. The first-order chi connectivity index (χ1) is 20.0. The lowest BCUT2D eigenvalue weighted by Crippen LogP contribution is -2.37. The van der Waals surface area contributed by atoms with Crippen LogP contribution in [0.15, 0.2) is 94.8 Å². The predicted octanol–water partition coefficient (Wildman–Crippen LogP) is 4.29. The van der Waals surface area contributed by atoms with Gasteiger partial charge in [-0.25, -0.2) is 4.98 Å². The van der Waals surface area contributed by atoms with Gasteiger partial charge in [0.2, 0.25) is 5.91 Å². The van der Waals surface area contributed by atoms with Crippen LogP contribution in [-0.4, -0.2) is 35.6 Å². The molecule has 5 aromatic heterocycles. The van der Waals surface area contributed by atoms with Crippen molar-refractivity contribution in [1.82, 2.24) is 29.7 Å². The van der Waals surface area contributed by atoms with E-state index in [1.165, 1.54) is 10.8 Å². The van der Waals surface area contributed by atoms with E-state index in [2.05, 4.69) is 30.5 Å². The molecule has 0 bridgehead atoms. The van der Waals surface area contributed by atoms with Gasteiger partial charge in [0.1, 0.15) is 28.7 Å². The van der Waals surface area contributed by atoms with Crippen LogP contribution in [-0.2, 0) is 17.8 Å². The number of aromatic amines is 2. The van der Waals surface area contributed by atoms with Gasteiger partial charge in [0, 0.05) is 58.9 Å². The SMILES string of the molecule is NC(=O)C(Cc1cc2cnccc2[nH]1)n1c(-c2cn[nH]c2)ncc(NCc2ccc3oc4ccccc4c3c2)c1=O. The van der Waals surface area contributed by atoms with Crippen LogP contribution in [0, 0.1) is 0 Å². The van der Waals surface area contributed by atoms with E-state index in [4.69, 9.17) is 10.2 Å². The van der Waals surface area contributed by atoms with Crippen molar-refractivity contribution in [1.29, 1.82) is 0 Å². The number of carbonyl (C=O) groups excluding carboxylic acids is 1. The maximum Gasteiger partial charge on any atom is 0.277 e. The van der Waals surface area contributed by atoms with E-state index in [9.17, 15) is 9.59 Å². The molecule has 7 aromatic rings. The van der Waals surface area contributed by atoms with Crippen LogP contribution in [0.2, 0.25) is 0 Å². The van der Waals surface area contributed by atoms with Gasteiger partial charge in [0.15, 0.2) is 0 Å². The van der Waals surface area contributed by atoms with Crippen molar-refractivity contribution in [3.8, 4) is 11.4 Å². The number of nitrogens with one attached hydrogen (secondary N) is 3. The number of pyridine rings is 1. The Balaban J connectivity index is 1.25. The molecule has 11 nitrogen and oxygen atoms in total. The Morgan fingerprint density at radius 2 is 1.93 bits per heavy atom. The van der Waals surface area contributed by atoms with Crippen LogP contribution < -0.4 is 16.6 Å². The second kappa shape index (κ2) is 9.79. The summed E-state index contributed by atoms with van der Waals surface area (Å²) in [6.07, 6.45) is 8.20. The predicted molar refractivity (Wildman–Crippen MR) is 155 cm³/mol. The molecular weight excluding hydrogens is 520 g/mol. The highest BCUT2D eigenvalue weighted by Crippen LogP contribution is 2.29. The summed E-state index contributed by atoms with van der Waals surface area (Å²) in [5.74, 6) is -0.382. The Morgan fingerprint density at radius 3 is 2.76 bits per heavy atom. The lowest BCUT2D eigenvalue weighted by atomic mass is 10.1. The normalized spacial score (nSPS) is 12.3. The third kappa shape index (κ3) is 4.39. The zero-order valence-corrected chi connectivity index (χ0v) is 21.7. The minimum Gasteiger partial charge on any atom is -0.456 e. The first-order valence-electron chi connectivity index (χ1n) is 13.0. The number of rotatable bonds is 8. The summed E-state index contributed by atoms with van der Waals surface area (Å²) in [5, 5.41) is 12.9. The maximum absolute atomic E-state index is 13.9. The van der Waals surface area contributed by atoms with Crippen molar-refractivity contribution < 1.29 is 9.21 Å². The van der Waals surface area contributed by atoms with Gasteiger partial charge < -0.3 is 20.5 Å². The average molecular weight is 545 g/mol. The van der Waals surface area contributed by atoms with Gasteiger partial charge in [-0.1, -0.05) is 24.3 Å². The zero-order valence-electron chi connectivity index (χ0n) is 21.7. The number of anilines is 1. The number of H-pyrrole nitrogens is 2. The molecule has 1 unspecified atom stereocenters. The molecule has 2 aromatic carbocycles. The number of hydrogen-bond acceptors (Lipinski definition) is 7. The molecule has 5 heterocycles. The fourth-order valence-corrected chi connectivity index (χ4v) is 5.22. The number of fused-ring (bicyclic) bond motifs is 4. The van der Waals surface area contributed by atoms with Gasteiger partial charge in [-0.3, -0.25) is 24.2 Å². The third-order valence-corrected chi connectivity index (χ3v) is 7.20. The van der Waals surface area contributed by atoms with Gasteiger partial charge in [-0.2, -0.15) is 5.10 Å². The standard InChI is InChI=1S/C30H24N8O3/c31-28(39)25(11-20-10-18-13-32-8-7-23(18)37-20)38-29(19-14-35-36-15-19)34-16-24(30(38)40)33-12-17-5-6-27-22(9-17)21-3-1-2-4-26(21)41-27/h1-10,13-16,25,33,37H,11-12H2,(H2,31,39)(H,35,36). The van der Waals surface area contributed by atoms with Crippen molar-refractivity contribution >= 4 is 44.4 Å². The third-order valence-electron chi connectivity index (χ3n) is 7.20. The molecular formula is C30H24N8O3. The van der Waals surface area contributed by atoms with Crippen LogP contribution in [0.5, 0.6) is 0 Å². The Kier molecular flexibility index (Phi) is 5.81. The molecule has 202 valence electrons. The monoisotopic (exact) mass is 544 g/mol. The Hall–Kier alpha value is -5.71. The lowest BCUT2D eigenvalue weighted by Gasteiger charge is -2.20. The summed E-state index contributed by atoms with van der Waals surface area (Å²) >= 11 is 0. The average Bonchev–Trinajstić information content (AvgIpc) is 3.73. The summed E-state index contributed by atoms with van der Waals surface area (Å²) in [6.45, 7) is 0.355. The number of furan rings is 1. The fourth-order valence-electron chi connectivity index (χ4n) is 5.22. The first-order valence-corrected chi connectivity index (χ1v) is 13.0. The summed E-state index contributed by atoms with van der Waals surface area (Å²) in [6, 6.07) is 16.5. The van der Waals surface area contributed by atoms with E-state index < -0.39 is 17.5 Å². The molecule has 0 aliphatic rings. The number of aromatic nitrogens is 6. The van der Waals surface area contributed by atoms with Crippen molar-refractivity contribution in [2.24, 2.45) is 5.73 Å². The van der Waals surface area contributed by atoms with Crippen molar-refractivity contribution in [2.45, 2.75) is 19.0 Å². The summed E-state index contributed by atoms with van der Waals surface area (Å²) in [7, 11) is 0. The maximum atomic E-state index is 13.9. The number of carbonyl (C=O) groups is 1. The smallest absolute Gasteiger partial charge is 0.277 e. The van der Waals surface area contributed by atoms with E-state index in [0.29, 0.717) is 12.1 Å². The number of primary amides is 1. The van der Waals surface area contributed by atoms with Crippen molar-refractivity contribution in [2.75, 3.05) is 5.32 Å². The molecule has 0 radical (unpaired) electrons. The zero-order chi connectivity index (χ0) is 27.9. The lowest BCUT2D eigenvalue weighted by molar-refractivity contribution is -0.121. The molecule has 1 atom stereocenters. The quantitative estimate of drug-likeness (QED) is 0.222. The summed E-state index contributed by atoms with van der Waals surface area (Å²) < 4.78 is 7.27. The molecule has 0 aliphatic carbocycles. The van der Waals surface area contributed by atoms with Crippen LogP contribution >= 0.6 is 0 Å². The second-order valence-corrected chi connectivity index (χ2v) is 9.82. The minimum atomic E-state index is -1.02. The molecule has 0 fully saturated rings. The number of benzene rings is 2. The molecule has 7 rings (SSSR count). The number of hydrogen-bond donors (Lipinski definition) is 4. The van der Waals surface area contributed by atoms with E-state index in [0.717, 1.165) is 44.1 Å². The number of amides is 1. The van der Waals surface area contributed by atoms with Gasteiger partial charge in [0.25, 0.3) is 5.56 Å². The molecule has 0 saturated carbocycles. The Bertz CT molecular complexity index is 2070. The highest BCUT2D eigenvalue weighted by Gasteiger charge is 2.26. The second-order valence-electron chi connectivity index (χ2n) is 9.82. The van der Waals surface area contributed by atoms with E-state index in [1.54, 1.807) is 24.8 Å². The van der Waals surface area contributed by atoms with Gasteiger partial charge in [-0.15, -0.1) is 0 Å². The van der Waals surface area contributed by atoms with Gasteiger partial charge >= 0.3 is 0 Å². The van der Waals surface area contributed by atoms with Crippen LogP contribution in [0.3, 0.4) is 0 Å². The molecule has 11 heteroatoms. The molecule has 0 aliphatic heterocycles. The van der Waals surface area contributed by atoms with Gasteiger partial charge in [0.05, 0.1) is 18.0 Å². The van der Waals surface area contributed by atoms with E-state index in [1.807, 2.05) is 54.6 Å². The van der Waals surface area contributed by atoms with E-state index in [-0.39, 0.29) is 17.9 Å². The summed E-state index contributed by atoms with van der Waals surface area (Å²) in [4.78, 5) is 38.8. The summed E-state index contributed by atoms with van der Waals surface area (Å²) in [5.41, 5.74) is 10.4. The van der Waals surface area contributed by atoms with Gasteiger partial charge in [-0.05, 0) is 35.9 Å². The number of para-hydroxylation sites is 1. The molecule has 1 amide bonds. The van der Waals surface area contributed by atoms with Crippen LogP contribution in [0.25, 0.3) is 44.2 Å². The molecule has 41 heavy (non-hydrogen) atoms. The molecule has 0 spiro atoms. The van der Waals surface area contributed by atoms with Crippen molar-refractivity contribution in [3.63, 3.8) is 0 Å². The number of nitrogens with zero attached hydrogens (tertiary/aromatic N) is 4. The minimum absolute atomic E-state index is 0.157. The largest absolute Gasteiger partial charge is 0.456 e. The Morgan fingerprint density at radius 1 is 1.05 bits per heavy atom. The highest BCUT2D eigenvalue weighted by atomic mass is 16.3. The van der Waals surface area contributed by atoms with E-state index >= 15 is 0 Å². The van der Waals surface area contributed by atoms with Crippen molar-refractivity contribution in [3.05, 3.63) is 107 Å².